The van der Waals surface area contributed by atoms with E-state index in [-0.39, 0.29) is 6.03 Å². The molecule has 1 aromatic heterocycles. The highest BCUT2D eigenvalue weighted by Crippen LogP contribution is 2.21. The lowest BCUT2D eigenvalue weighted by atomic mass is 9.92. The molecule has 0 radical (unpaired) electrons. The van der Waals surface area contributed by atoms with Crippen molar-refractivity contribution in [1.82, 2.24) is 9.88 Å². The molecule has 1 N–H and O–H groups in total. The van der Waals surface area contributed by atoms with Gasteiger partial charge in [-0.15, -0.1) is 0 Å². The zero-order valence-electron chi connectivity index (χ0n) is 10.7. The number of nitrogens with zero attached hydrogens (tertiary/aromatic N) is 2. The van der Waals surface area contributed by atoms with E-state index in [1.165, 1.54) is 12.1 Å². The van der Waals surface area contributed by atoms with E-state index < -0.39 is 5.82 Å². The van der Waals surface area contributed by atoms with Gasteiger partial charge in [-0.3, -0.25) is 5.32 Å². The van der Waals surface area contributed by atoms with E-state index in [1.54, 1.807) is 4.90 Å². The summed E-state index contributed by atoms with van der Waals surface area (Å²) < 4.78 is 12.7. The van der Waals surface area contributed by atoms with E-state index >= 15 is 0 Å². The summed E-state index contributed by atoms with van der Waals surface area (Å²) in [5.41, 5.74) is 0. The lowest BCUT2D eigenvalue weighted by Crippen LogP contribution is -2.44. The Bertz CT molecular complexity index is 411. The van der Waals surface area contributed by atoms with Gasteiger partial charge < -0.3 is 4.90 Å². The molecule has 2 rings (SSSR count). The minimum Gasteiger partial charge on any atom is -0.324 e. The third-order valence-corrected chi connectivity index (χ3v) is 3.12. The average Bonchev–Trinajstić information content (AvgIpc) is 2.31. The van der Waals surface area contributed by atoms with Crippen molar-refractivity contribution >= 4 is 11.8 Å². The first-order valence-corrected chi connectivity index (χ1v) is 6.22. The Morgan fingerprint density at radius 1 is 1.39 bits per heavy atom. The molecule has 0 bridgehead atoms. The van der Waals surface area contributed by atoms with Crippen molar-refractivity contribution in [2.75, 3.05) is 18.4 Å². The highest BCUT2D eigenvalue weighted by Gasteiger charge is 2.25. The predicted octanol–water partition coefficient (Wildman–Crippen LogP) is 2.73. The highest BCUT2D eigenvalue weighted by atomic mass is 19.1. The van der Waals surface area contributed by atoms with Crippen LogP contribution in [0.25, 0.3) is 0 Å². The number of amides is 2. The molecule has 0 spiro atoms. The fourth-order valence-electron chi connectivity index (χ4n) is 2.47. The van der Waals surface area contributed by atoms with Crippen LogP contribution in [-0.2, 0) is 0 Å². The van der Waals surface area contributed by atoms with Gasteiger partial charge in [0.1, 0.15) is 11.6 Å². The van der Waals surface area contributed by atoms with E-state index in [4.69, 9.17) is 0 Å². The second-order valence-electron chi connectivity index (χ2n) is 5.14. The lowest BCUT2D eigenvalue weighted by Gasteiger charge is -2.34. The van der Waals surface area contributed by atoms with Crippen molar-refractivity contribution in [1.29, 1.82) is 0 Å². The molecule has 1 aliphatic heterocycles. The largest absolute Gasteiger partial charge is 0.324 e. The molecule has 2 atom stereocenters. The third-order valence-electron chi connectivity index (χ3n) is 3.12. The minimum atomic E-state index is -0.409. The second-order valence-corrected chi connectivity index (χ2v) is 5.14. The van der Waals surface area contributed by atoms with Crippen molar-refractivity contribution in [2.45, 2.75) is 20.3 Å². The molecule has 5 heteroatoms. The summed E-state index contributed by atoms with van der Waals surface area (Å²) in [6.45, 7) is 5.81. The molecule has 0 aliphatic carbocycles. The SMILES string of the molecule is C[C@H]1C[C@H](C)CN(C(=O)Nc2ccc(F)cn2)C1. The van der Waals surface area contributed by atoms with Gasteiger partial charge in [0.25, 0.3) is 0 Å². The zero-order chi connectivity index (χ0) is 13.1. The number of halogens is 1. The maximum absolute atomic E-state index is 12.7. The number of rotatable bonds is 1. The minimum absolute atomic E-state index is 0.160. The van der Waals surface area contributed by atoms with Crippen LogP contribution in [0.1, 0.15) is 20.3 Å². The number of urea groups is 1. The van der Waals surface area contributed by atoms with Gasteiger partial charge in [0.05, 0.1) is 6.20 Å². The number of likely N-dealkylation sites (tertiary alicyclic amines) is 1. The summed E-state index contributed by atoms with van der Waals surface area (Å²) in [5.74, 6) is 1.00. The molecule has 1 saturated heterocycles. The number of aromatic nitrogens is 1. The number of anilines is 1. The van der Waals surface area contributed by atoms with Crippen molar-refractivity contribution in [3.05, 3.63) is 24.1 Å². The Hall–Kier alpha value is -1.65. The molecule has 4 nitrogen and oxygen atoms in total. The van der Waals surface area contributed by atoms with Gasteiger partial charge in [-0.05, 0) is 30.4 Å². The number of hydrogen-bond acceptors (Lipinski definition) is 2. The van der Waals surface area contributed by atoms with Gasteiger partial charge in [-0.1, -0.05) is 13.8 Å². The van der Waals surface area contributed by atoms with Crippen LogP contribution in [0.4, 0.5) is 15.0 Å². The summed E-state index contributed by atoms with van der Waals surface area (Å²) in [5, 5.41) is 2.69. The number of nitrogens with one attached hydrogen (secondary N) is 1. The molecule has 18 heavy (non-hydrogen) atoms. The highest BCUT2D eigenvalue weighted by molar-refractivity contribution is 5.88. The predicted molar refractivity (Wildman–Crippen MR) is 67.7 cm³/mol. The van der Waals surface area contributed by atoms with Gasteiger partial charge in [0.15, 0.2) is 0 Å². The maximum atomic E-state index is 12.7. The molecule has 0 unspecified atom stereocenters. The van der Waals surface area contributed by atoms with Gasteiger partial charge in [0, 0.05) is 13.1 Å². The quantitative estimate of drug-likeness (QED) is 0.834. The van der Waals surface area contributed by atoms with Crippen LogP contribution in [0.15, 0.2) is 18.3 Å². The molecule has 98 valence electrons. The Morgan fingerprint density at radius 3 is 2.61 bits per heavy atom. The summed E-state index contributed by atoms with van der Waals surface area (Å²) in [7, 11) is 0. The summed E-state index contributed by atoms with van der Waals surface area (Å²) >= 11 is 0. The molecular formula is C13H18FN3O. The van der Waals surface area contributed by atoms with Gasteiger partial charge in [-0.25, -0.2) is 14.2 Å². The van der Waals surface area contributed by atoms with Crippen LogP contribution in [0, 0.1) is 17.7 Å². The summed E-state index contributed by atoms with van der Waals surface area (Å²) in [6.07, 6.45) is 2.25. The van der Waals surface area contributed by atoms with Crippen LogP contribution in [0.5, 0.6) is 0 Å². The Labute approximate surface area is 106 Å². The Morgan fingerprint density at radius 2 is 2.06 bits per heavy atom. The van der Waals surface area contributed by atoms with Crippen molar-refractivity contribution in [3.63, 3.8) is 0 Å². The Kier molecular flexibility index (Phi) is 3.79. The molecule has 0 aromatic carbocycles. The average molecular weight is 251 g/mol. The lowest BCUT2D eigenvalue weighted by molar-refractivity contribution is 0.156. The van der Waals surface area contributed by atoms with Crippen LogP contribution < -0.4 is 5.32 Å². The first-order valence-electron chi connectivity index (χ1n) is 6.22. The number of piperidine rings is 1. The molecule has 2 heterocycles. The van der Waals surface area contributed by atoms with E-state index in [0.717, 1.165) is 25.7 Å². The first kappa shape index (κ1) is 12.8. The molecule has 0 saturated carbocycles. The van der Waals surface area contributed by atoms with Crippen molar-refractivity contribution < 1.29 is 9.18 Å². The summed E-state index contributed by atoms with van der Waals surface area (Å²) in [6, 6.07) is 2.58. The number of carbonyl (C=O) groups excluding carboxylic acids is 1. The fourth-order valence-corrected chi connectivity index (χ4v) is 2.47. The standard InChI is InChI=1S/C13H18FN3O/c1-9-5-10(2)8-17(7-9)13(18)16-12-4-3-11(14)6-15-12/h3-4,6,9-10H,5,7-8H2,1-2H3,(H,15,16,18)/t9-,10-/m0/s1. The monoisotopic (exact) mass is 251 g/mol. The van der Waals surface area contributed by atoms with Crippen LogP contribution in [0.3, 0.4) is 0 Å². The molecule has 2 amide bonds. The number of hydrogen-bond donors (Lipinski definition) is 1. The Balaban J connectivity index is 1.97. The molecule has 1 fully saturated rings. The van der Waals surface area contributed by atoms with Crippen molar-refractivity contribution in [3.8, 4) is 0 Å². The third kappa shape index (κ3) is 3.18. The van der Waals surface area contributed by atoms with E-state index in [2.05, 4.69) is 24.1 Å². The van der Waals surface area contributed by atoms with Gasteiger partial charge in [-0.2, -0.15) is 0 Å². The zero-order valence-corrected chi connectivity index (χ0v) is 10.7. The number of carbonyl (C=O) groups is 1. The normalized spacial score (nSPS) is 23.8. The summed E-state index contributed by atoms with van der Waals surface area (Å²) in [4.78, 5) is 17.6. The van der Waals surface area contributed by atoms with E-state index in [0.29, 0.717) is 17.7 Å². The van der Waals surface area contributed by atoms with Gasteiger partial charge in [0.2, 0.25) is 0 Å². The van der Waals surface area contributed by atoms with E-state index in [1.807, 2.05) is 0 Å². The topological polar surface area (TPSA) is 45.2 Å². The second kappa shape index (κ2) is 5.33. The van der Waals surface area contributed by atoms with Crippen molar-refractivity contribution in [2.24, 2.45) is 11.8 Å². The van der Waals surface area contributed by atoms with E-state index in [9.17, 15) is 9.18 Å². The number of pyridine rings is 1. The van der Waals surface area contributed by atoms with Crippen LogP contribution >= 0.6 is 0 Å². The van der Waals surface area contributed by atoms with Crippen LogP contribution in [-0.4, -0.2) is 29.0 Å². The fraction of sp³-hybridized carbons (Fsp3) is 0.538. The maximum Gasteiger partial charge on any atom is 0.323 e. The van der Waals surface area contributed by atoms with Crippen LogP contribution in [0.2, 0.25) is 0 Å². The molecule has 1 aromatic rings. The molecular weight excluding hydrogens is 233 g/mol. The first-order chi connectivity index (χ1) is 8.54. The smallest absolute Gasteiger partial charge is 0.323 e. The molecule has 1 aliphatic rings. The van der Waals surface area contributed by atoms with Gasteiger partial charge >= 0.3 is 6.03 Å².